The summed E-state index contributed by atoms with van der Waals surface area (Å²) in [4.78, 5) is 3.18. The van der Waals surface area contributed by atoms with Gasteiger partial charge in [-0.05, 0) is 0 Å². The first-order chi connectivity index (χ1) is 5.05. The van der Waals surface area contributed by atoms with E-state index >= 15 is 0 Å². The van der Waals surface area contributed by atoms with Crippen molar-refractivity contribution in [1.29, 1.82) is 5.26 Å². The molecule has 0 saturated heterocycles. The van der Waals surface area contributed by atoms with E-state index in [0.717, 1.165) is 6.20 Å². The SMILES string of the molecule is N#Cc1cncn1C(F)(F)F. The molecule has 0 spiro atoms. The smallest absolute Gasteiger partial charge is 0.243 e. The standard InChI is InChI=1S/C5H2F3N3/c6-5(7,8)11-3-10-2-4(11)1-9/h2-3H. The molecule has 0 aliphatic rings. The number of imidazole rings is 1. The van der Waals surface area contributed by atoms with Crippen LogP contribution in [0.25, 0.3) is 0 Å². The molecule has 6 heteroatoms. The number of rotatable bonds is 0. The molecule has 3 nitrogen and oxygen atoms in total. The van der Waals surface area contributed by atoms with Crippen LogP contribution in [0.15, 0.2) is 12.5 Å². The summed E-state index contributed by atoms with van der Waals surface area (Å²) in [6.45, 7) is 0. The summed E-state index contributed by atoms with van der Waals surface area (Å²) < 4.78 is 35.4. The monoisotopic (exact) mass is 161 g/mol. The van der Waals surface area contributed by atoms with Crippen molar-refractivity contribution in [2.75, 3.05) is 0 Å². The minimum Gasteiger partial charge on any atom is -0.243 e. The second-order valence-electron chi connectivity index (χ2n) is 1.73. The molecule has 0 aliphatic heterocycles. The van der Waals surface area contributed by atoms with Gasteiger partial charge >= 0.3 is 6.30 Å². The zero-order valence-corrected chi connectivity index (χ0v) is 5.13. The molecule has 1 rings (SSSR count). The average molecular weight is 161 g/mol. The normalized spacial score (nSPS) is 11.1. The maximum Gasteiger partial charge on any atom is 0.490 e. The molecule has 0 saturated carbocycles. The first-order valence-electron chi connectivity index (χ1n) is 2.55. The minimum absolute atomic E-state index is 0.146. The van der Waals surface area contributed by atoms with E-state index in [2.05, 4.69) is 4.98 Å². The van der Waals surface area contributed by atoms with E-state index in [1.807, 2.05) is 0 Å². The van der Waals surface area contributed by atoms with E-state index in [9.17, 15) is 13.2 Å². The van der Waals surface area contributed by atoms with E-state index in [4.69, 9.17) is 5.26 Å². The zero-order valence-electron chi connectivity index (χ0n) is 5.13. The molecule has 58 valence electrons. The van der Waals surface area contributed by atoms with Gasteiger partial charge in [0, 0.05) is 0 Å². The fourth-order valence-electron chi connectivity index (χ4n) is 0.580. The summed E-state index contributed by atoms with van der Waals surface area (Å²) >= 11 is 0. The van der Waals surface area contributed by atoms with Crippen LogP contribution >= 0.6 is 0 Å². The Morgan fingerprint density at radius 1 is 1.55 bits per heavy atom. The molecule has 1 aromatic heterocycles. The Bertz CT molecular complexity index is 293. The number of nitriles is 1. The Balaban J connectivity index is 3.15. The predicted molar refractivity (Wildman–Crippen MR) is 28.2 cm³/mol. The van der Waals surface area contributed by atoms with E-state index in [1.54, 1.807) is 0 Å². The second-order valence-corrected chi connectivity index (χ2v) is 1.73. The largest absolute Gasteiger partial charge is 0.490 e. The highest BCUT2D eigenvalue weighted by Crippen LogP contribution is 2.22. The number of nitrogens with zero attached hydrogens (tertiary/aromatic N) is 3. The molecular weight excluding hydrogens is 159 g/mol. The molecule has 0 aromatic carbocycles. The maximum absolute atomic E-state index is 11.8. The van der Waals surface area contributed by atoms with E-state index < -0.39 is 12.0 Å². The number of hydrogen-bond donors (Lipinski definition) is 0. The third kappa shape index (κ3) is 1.32. The Hall–Kier alpha value is -1.51. The van der Waals surface area contributed by atoms with Gasteiger partial charge in [-0.3, -0.25) is 0 Å². The van der Waals surface area contributed by atoms with E-state index in [1.165, 1.54) is 6.07 Å². The Kier molecular flexibility index (Phi) is 1.57. The number of halogens is 3. The van der Waals surface area contributed by atoms with Gasteiger partial charge in [-0.2, -0.15) is 5.26 Å². The van der Waals surface area contributed by atoms with Crippen molar-refractivity contribution in [3.05, 3.63) is 18.2 Å². The molecule has 11 heavy (non-hydrogen) atoms. The summed E-state index contributed by atoms with van der Waals surface area (Å²) in [7, 11) is 0. The Morgan fingerprint density at radius 2 is 2.18 bits per heavy atom. The summed E-state index contributed by atoms with van der Waals surface area (Å²) in [5.74, 6) is 0. The van der Waals surface area contributed by atoms with Crippen LogP contribution in [0, 0.1) is 11.3 Å². The molecule has 0 bridgehead atoms. The second kappa shape index (κ2) is 2.27. The van der Waals surface area contributed by atoms with E-state index in [0.29, 0.717) is 6.33 Å². The van der Waals surface area contributed by atoms with Gasteiger partial charge in [0.2, 0.25) is 0 Å². The number of alkyl halides is 3. The van der Waals surface area contributed by atoms with Crippen LogP contribution in [0.2, 0.25) is 0 Å². The molecule has 0 N–H and O–H groups in total. The van der Waals surface area contributed by atoms with Crippen molar-refractivity contribution in [3.8, 4) is 6.07 Å². The molecule has 0 fully saturated rings. The van der Waals surface area contributed by atoms with Crippen LogP contribution in [0.3, 0.4) is 0 Å². The lowest BCUT2D eigenvalue weighted by atomic mass is 10.5. The molecule has 0 amide bonds. The zero-order chi connectivity index (χ0) is 8.48. The first kappa shape index (κ1) is 7.60. The van der Waals surface area contributed by atoms with Crippen LogP contribution in [0.5, 0.6) is 0 Å². The van der Waals surface area contributed by atoms with Crippen molar-refractivity contribution in [2.24, 2.45) is 0 Å². The van der Waals surface area contributed by atoms with Gasteiger partial charge in [-0.15, -0.1) is 13.2 Å². The summed E-state index contributed by atoms with van der Waals surface area (Å²) in [5, 5.41) is 8.16. The molecule has 0 aliphatic carbocycles. The summed E-state index contributed by atoms with van der Waals surface area (Å²) in [6, 6.07) is 1.36. The van der Waals surface area contributed by atoms with Crippen LogP contribution in [-0.4, -0.2) is 9.55 Å². The highest BCUT2D eigenvalue weighted by Gasteiger charge is 2.32. The fourth-order valence-corrected chi connectivity index (χ4v) is 0.580. The van der Waals surface area contributed by atoms with Crippen LogP contribution in [-0.2, 0) is 6.30 Å². The Labute approximate surface area is 59.7 Å². The van der Waals surface area contributed by atoms with Gasteiger partial charge < -0.3 is 0 Å². The van der Waals surface area contributed by atoms with Crippen LogP contribution < -0.4 is 0 Å². The van der Waals surface area contributed by atoms with Crippen molar-refractivity contribution in [3.63, 3.8) is 0 Å². The molecular formula is C5H2F3N3. The molecule has 0 unspecified atom stereocenters. The minimum atomic E-state index is -4.55. The topological polar surface area (TPSA) is 41.6 Å². The van der Waals surface area contributed by atoms with Crippen LogP contribution in [0.1, 0.15) is 5.69 Å². The Morgan fingerprint density at radius 3 is 2.55 bits per heavy atom. The summed E-state index contributed by atoms with van der Waals surface area (Å²) in [5.41, 5.74) is -0.516. The fraction of sp³-hybridized carbons (Fsp3) is 0.200. The van der Waals surface area contributed by atoms with Gasteiger partial charge in [0.25, 0.3) is 0 Å². The number of hydrogen-bond acceptors (Lipinski definition) is 2. The van der Waals surface area contributed by atoms with Crippen molar-refractivity contribution in [1.82, 2.24) is 9.55 Å². The van der Waals surface area contributed by atoms with Crippen molar-refractivity contribution < 1.29 is 13.2 Å². The third-order valence-corrected chi connectivity index (χ3v) is 1.03. The van der Waals surface area contributed by atoms with Gasteiger partial charge in [0.15, 0.2) is 0 Å². The molecule has 1 heterocycles. The molecule has 1 aromatic rings. The lowest BCUT2D eigenvalue weighted by Gasteiger charge is -2.06. The lowest BCUT2D eigenvalue weighted by Crippen LogP contribution is -2.16. The highest BCUT2D eigenvalue weighted by molar-refractivity contribution is 5.17. The maximum atomic E-state index is 11.8. The van der Waals surface area contributed by atoms with E-state index in [-0.39, 0.29) is 4.57 Å². The average Bonchev–Trinajstić information content (AvgIpc) is 2.31. The van der Waals surface area contributed by atoms with Crippen molar-refractivity contribution in [2.45, 2.75) is 6.30 Å². The lowest BCUT2D eigenvalue weighted by molar-refractivity contribution is -0.204. The van der Waals surface area contributed by atoms with Gasteiger partial charge in [-0.25, -0.2) is 9.55 Å². The summed E-state index contributed by atoms with van der Waals surface area (Å²) in [6.07, 6.45) is -3.15. The quantitative estimate of drug-likeness (QED) is 0.574. The highest BCUT2D eigenvalue weighted by atomic mass is 19.4. The predicted octanol–water partition coefficient (Wildman–Crippen LogP) is 1.23. The number of aromatic nitrogens is 2. The molecule has 0 atom stereocenters. The van der Waals surface area contributed by atoms with Crippen molar-refractivity contribution >= 4 is 0 Å². The molecule has 0 radical (unpaired) electrons. The third-order valence-electron chi connectivity index (χ3n) is 1.03. The van der Waals surface area contributed by atoms with Gasteiger partial charge in [0.1, 0.15) is 18.1 Å². The van der Waals surface area contributed by atoms with Gasteiger partial charge in [0.05, 0.1) is 6.20 Å². The van der Waals surface area contributed by atoms with Gasteiger partial charge in [-0.1, -0.05) is 0 Å². The van der Waals surface area contributed by atoms with Crippen LogP contribution in [0.4, 0.5) is 13.2 Å². The first-order valence-corrected chi connectivity index (χ1v) is 2.55.